The van der Waals surface area contributed by atoms with Crippen LogP contribution in [0.5, 0.6) is 0 Å². The molecule has 23 heavy (non-hydrogen) atoms. The van der Waals surface area contributed by atoms with Gasteiger partial charge in [0.2, 0.25) is 0 Å². The SMILES string of the molecule is CCC1CCCc2cc3oc(N4CCCCC4)nc3cc2CC1. The maximum Gasteiger partial charge on any atom is 0.298 e. The molecule has 3 heteroatoms. The van der Waals surface area contributed by atoms with Gasteiger partial charge in [-0.05, 0) is 74.1 Å². The van der Waals surface area contributed by atoms with E-state index >= 15 is 0 Å². The van der Waals surface area contributed by atoms with Crippen LogP contribution in [0.3, 0.4) is 0 Å². The summed E-state index contributed by atoms with van der Waals surface area (Å²) in [5, 5.41) is 0. The third kappa shape index (κ3) is 3.11. The summed E-state index contributed by atoms with van der Waals surface area (Å²) >= 11 is 0. The first kappa shape index (κ1) is 15.0. The fourth-order valence-electron chi connectivity index (χ4n) is 4.23. The molecule has 1 fully saturated rings. The van der Waals surface area contributed by atoms with Crippen molar-refractivity contribution in [3.8, 4) is 0 Å². The first-order valence-corrected chi connectivity index (χ1v) is 9.51. The predicted octanol–water partition coefficient (Wildman–Crippen LogP) is 5.11. The molecule has 0 radical (unpaired) electrons. The van der Waals surface area contributed by atoms with Gasteiger partial charge in [0.05, 0.1) is 0 Å². The van der Waals surface area contributed by atoms with Crippen molar-refractivity contribution in [2.75, 3.05) is 18.0 Å². The first-order valence-electron chi connectivity index (χ1n) is 9.51. The standard InChI is InChI=1S/C20H28N2O/c1-2-15-7-6-8-16-14-19-18(13-17(16)10-9-15)21-20(23-19)22-11-4-3-5-12-22/h13-15H,2-12H2,1H3. The van der Waals surface area contributed by atoms with Crippen molar-refractivity contribution in [1.29, 1.82) is 0 Å². The maximum absolute atomic E-state index is 6.10. The highest BCUT2D eigenvalue weighted by Crippen LogP contribution is 2.31. The van der Waals surface area contributed by atoms with E-state index in [0.29, 0.717) is 0 Å². The topological polar surface area (TPSA) is 29.3 Å². The number of piperidine rings is 1. The molecule has 1 atom stereocenters. The molecule has 124 valence electrons. The molecule has 1 aromatic carbocycles. The monoisotopic (exact) mass is 312 g/mol. The molecular formula is C20H28N2O. The van der Waals surface area contributed by atoms with E-state index in [0.717, 1.165) is 36.1 Å². The van der Waals surface area contributed by atoms with E-state index in [1.807, 2.05) is 0 Å². The number of benzene rings is 1. The van der Waals surface area contributed by atoms with Gasteiger partial charge in [-0.3, -0.25) is 0 Å². The van der Waals surface area contributed by atoms with Crippen molar-refractivity contribution in [1.82, 2.24) is 4.98 Å². The quantitative estimate of drug-likeness (QED) is 0.771. The zero-order valence-corrected chi connectivity index (χ0v) is 14.3. The summed E-state index contributed by atoms with van der Waals surface area (Å²) in [4.78, 5) is 7.11. The van der Waals surface area contributed by atoms with Crippen LogP contribution >= 0.6 is 0 Å². The summed E-state index contributed by atoms with van der Waals surface area (Å²) in [6, 6.07) is 5.42. The van der Waals surface area contributed by atoms with E-state index in [4.69, 9.17) is 9.40 Å². The largest absolute Gasteiger partial charge is 0.423 e. The van der Waals surface area contributed by atoms with Crippen LogP contribution in [-0.4, -0.2) is 18.1 Å². The number of aryl methyl sites for hydroxylation is 2. The number of oxazole rings is 1. The molecule has 1 saturated heterocycles. The molecular weight excluding hydrogens is 284 g/mol. The molecule has 0 N–H and O–H groups in total. The predicted molar refractivity (Wildman–Crippen MR) is 95.1 cm³/mol. The lowest BCUT2D eigenvalue weighted by Crippen LogP contribution is -2.29. The molecule has 0 saturated carbocycles. The average molecular weight is 312 g/mol. The van der Waals surface area contributed by atoms with Gasteiger partial charge in [0.25, 0.3) is 6.01 Å². The van der Waals surface area contributed by atoms with Crippen molar-refractivity contribution in [2.24, 2.45) is 5.92 Å². The number of rotatable bonds is 2. The molecule has 1 unspecified atom stereocenters. The normalized spacial score (nSPS) is 22.7. The second-order valence-corrected chi connectivity index (χ2v) is 7.34. The zero-order valence-electron chi connectivity index (χ0n) is 14.3. The van der Waals surface area contributed by atoms with E-state index in [1.165, 1.54) is 68.9 Å². The van der Waals surface area contributed by atoms with Gasteiger partial charge in [0.1, 0.15) is 5.52 Å². The second kappa shape index (κ2) is 6.54. The Labute approximate surface area is 139 Å². The van der Waals surface area contributed by atoms with E-state index < -0.39 is 0 Å². The Morgan fingerprint density at radius 2 is 1.87 bits per heavy atom. The van der Waals surface area contributed by atoms with E-state index in [9.17, 15) is 0 Å². The summed E-state index contributed by atoms with van der Waals surface area (Å²) in [6.07, 6.45) is 11.6. The fraction of sp³-hybridized carbons (Fsp3) is 0.650. The molecule has 0 amide bonds. The van der Waals surface area contributed by atoms with Gasteiger partial charge in [0.15, 0.2) is 5.58 Å². The van der Waals surface area contributed by atoms with Gasteiger partial charge in [0, 0.05) is 13.1 Å². The van der Waals surface area contributed by atoms with E-state index in [1.54, 1.807) is 0 Å². The highest BCUT2D eigenvalue weighted by atomic mass is 16.4. The highest BCUT2D eigenvalue weighted by Gasteiger charge is 2.19. The number of fused-ring (bicyclic) bond motifs is 2. The number of aromatic nitrogens is 1. The molecule has 3 nitrogen and oxygen atoms in total. The molecule has 2 aliphatic rings. The minimum Gasteiger partial charge on any atom is -0.423 e. The Bertz CT molecular complexity index is 670. The molecule has 1 aliphatic heterocycles. The van der Waals surface area contributed by atoms with Gasteiger partial charge in [-0.25, -0.2) is 0 Å². The van der Waals surface area contributed by atoms with Crippen LogP contribution < -0.4 is 4.90 Å². The molecule has 4 rings (SSSR count). The number of hydrogen-bond acceptors (Lipinski definition) is 3. The number of nitrogens with zero attached hydrogens (tertiary/aromatic N) is 2. The third-order valence-corrected chi connectivity index (χ3v) is 5.78. The Morgan fingerprint density at radius 3 is 2.70 bits per heavy atom. The maximum atomic E-state index is 6.10. The lowest BCUT2D eigenvalue weighted by atomic mass is 9.86. The van der Waals surface area contributed by atoms with Gasteiger partial charge in [-0.15, -0.1) is 0 Å². The first-order chi connectivity index (χ1) is 11.3. The van der Waals surface area contributed by atoms with E-state index in [2.05, 4.69) is 24.0 Å². The van der Waals surface area contributed by atoms with Crippen molar-refractivity contribution in [2.45, 2.75) is 64.7 Å². The van der Waals surface area contributed by atoms with Crippen molar-refractivity contribution in [3.05, 3.63) is 23.3 Å². The third-order valence-electron chi connectivity index (χ3n) is 5.78. The van der Waals surface area contributed by atoms with Crippen LogP contribution in [0.4, 0.5) is 6.01 Å². The van der Waals surface area contributed by atoms with Crippen molar-refractivity contribution >= 4 is 17.1 Å². The summed E-state index contributed by atoms with van der Waals surface area (Å²) in [7, 11) is 0. The Hall–Kier alpha value is -1.51. The zero-order chi connectivity index (χ0) is 15.6. The Kier molecular flexibility index (Phi) is 4.28. The van der Waals surface area contributed by atoms with Gasteiger partial charge < -0.3 is 9.32 Å². The van der Waals surface area contributed by atoms with Gasteiger partial charge in [-0.1, -0.05) is 19.8 Å². The second-order valence-electron chi connectivity index (χ2n) is 7.34. The molecule has 0 spiro atoms. The lowest BCUT2D eigenvalue weighted by Gasteiger charge is -2.24. The number of hydrogen-bond donors (Lipinski definition) is 0. The minimum atomic E-state index is 0.837. The molecule has 2 heterocycles. The van der Waals surface area contributed by atoms with Crippen LogP contribution in [0.25, 0.3) is 11.1 Å². The molecule has 2 aromatic rings. The summed E-state index contributed by atoms with van der Waals surface area (Å²) in [5.41, 5.74) is 5.04. The van der Waals surface area contributed by atoms with Crippen LogP contribution in [-0.2, 0) is 12.8 Å². The van der Waals surface area contributed by atoms with Crippen LogP contribution in [0.2, 0.25) is 0 Å². The fourth-order valence-corrected chi connectivity index (χ4v) is 4.23. The van der Waals surface area contributed by atoms with Gasteiger partial charge in [-0.2, -0.15) is 4.98 Å². The van der Waals surface area contributed by atoms with Crippen molar-refractivity contribution < 1.29 is 4.42 Å². The van der Waals surface area contributed by atoms with E-state index in [-0.39, 0.29) is 0 Å². The lowest BCUT2D eigenvalue weighted by molar-refractivity contribution is 0.415. The summed E-state index contributed by atoms with van der Waals surface area (Å²) in [5.74, 6) is 0.903. The number of anilines is 1. The summed E-state index contributed by atoms with van der Waals surface area (Å²) < 4.78 is 6.10. The van der Waals surface area contributed by atoms with Crippen LogP contribution in [0.1, 0.15) is 63.0 Å². The Morgan fingerprint density at radius 1 is 1.04 bits per heavy atom. The Balaban J connectivity index is 1.64. The van der Waals surface area contributed by atoms with Crippen LogP contribution in [0, 0.1) is 5.92 Å². The van der Waals surface area contributed by atoms with Crippen molar-refractivity contribution in [3.63, 3.8) is 0 Å². The molecule has 0 bridgehead atoms. The minimum absolute atomic E-state index is 0.837. The highest BCUT2D eigenvalue weighted by molar-refractivity contribution is 5.77. The molecule has 1 aromatic heterocycles. The van der Waals surface area contributed by atoms with Gasteiger partial charge >= 0.3 is 0 Å². The summed E-state index contributed by atoms with van der Waals surface area (Å²) in [6.45, 7) is 4.51. The average Bonchev–Trinajstić information content (AvgIpc) is 2.99. The smallest absolute Gasteiger partial charge is 0.298 e. The molecule has 1 aliphatic carbocycles. The van der Waals surface area contributed by atoms with Crippen LogP contribution in [0.15, 0.2) is 16.5 Å².